The first kappa shape index (κ1) is 20.6. The number of piperazine rings is 1. The molecule has 1 fully saturated rings. The summed E-state index contributed by atoms with van der Waals surface area (Å²) in [5, 5.41) is 0.412. The Labute approximate surface area is 165 Å². The summed E-state index contributed by atoms with van der Waals surface area (Å²) in [5.74, 6) is -0.561. The summed E-state index contributed by atoms with van der Waals surface area (Å²) in [6, 6.07) is 9.94. The largest absolute Gasteiger partial charge is 0.416 e. The molecule has 5 nitrogen and oxygen atoms in total. The highest BCUT2D eigenvalue weighted by molar-refractivity contribution is 7.89. The van der Waals surface area contributed by atoms with Gasteiger partial charge < -0.3 is 4.90 Å². The van der Waals surface area contributed by atoms with E-state index in [-0.39, 0.29) is 36.6 Å². The van der Waals surface area contributed by atoms with Crippen LogP contribution in [-0.4, -0.2) is 49.7 Å². The fraction of sp³-hybridized carbons (Fsp3) is 0.278. The molecule has 0 spiro atoms. The average Bonchev–Trinajstić information content (AvgIpc) is 2.67. The summed E-state index contributed by atoms with van der Waals surface area (Å²) < 4.78 is 65.1. The van der Waals surface area contributed by atoms with E-state index in [0.717, 1.165) is 12.1 Å². The molecule has 0 atom stereocenters. The van der Waals surface area contributed by atoms with Crippen LogP contribution in [0.3, 0.4) is 0 Å². The van der Waals surface area contributed by atoms with E-state index in [1.807, 2.05) is 0 Å². The third kappa shape index (κ3) is 4.31. The van der Waals surface area contributed by atoms with Crippen LogP contribution in [0.4, 0.5) is 13.2 Å². The molecule has 0 saturated carbocycles. The molecule has 28 heavy (non-hydrogen) atoms. The fourth-order valence-electron chi connectivity index (χ4n) is 2.90. The molecule has 1 aliphatic heterocycles. The minimum absolute atomic E-state index is 0.0513. The molecule has 2 aromatic rings. The number of amides is 1. The average molecular weight is 433 g/mol. The Morgan fingerprint density at radius 3 is 2.14 bits per heavy atom. The molecule has 1 saturated heterocycles. The SMILES string of the molecule is O=C(c1cccc(C(F)(F)F)c1)N1CCN(S(=O)(=O)c2ccc(Cl)cc2)CC1. The Hall–Kier alpha value is -2.10. The molecular weight excluding hydrogens is 417 g/mol. The molecule has 10 heteroatoms. The van der Waals surface area contributed by atoms with Gasteiger partial charge in [-0.1, -0.05) is 17.7 Å². The summed E-state index contributed by atoms with van der Waals surface area (Å²) >= 11 is 5.78. The van der Waals surface area contributed by atoms with Gasteiger partial charge in [-0.3, -0.25) is 4.79 Å². The highest BCUT2D eigenvalue weighted by Crippen LogP contribution is 2.30. The van der Waals surface area contributed by atoms with Crippen molar-refractivity contribution in [1.82, 2.24) is 9.21 Å². The van der Waals surface area contributed by atoms with Crippen LogP contribution in [-0.2, 0) is 16.2 Å². The number of rotatable bonds is 3. The van der Waals surface area contributed by atoms with E-state index in [2.05, 4.69) is 0 Å². The minimum atomic E-state index is -4.54. The highest BCUT2D eigenvalue weighted by atomic mass is 35.5. The molecule has 0 aliphatic carbocycles. The lowest BCUT2D eigenvalue weighted by Gasteiger charge is -2.34. The molecule has 0 aromatic heterocycles. The first-order valence-corrected chi connectivity index (χ1v) is 10.1. The van der Waals surface area contributed by atoms with Crippen LogP contribution in [0.15, 0.2) is 53.4 Å². The Morgan fingerprint density at radius 2 is 1.57 bits per heavy atom. The van der Waals surface area contributed by atoms with Crippen molar-refractivity contribution < 1.29 is 26.4 Å². The lowest BCUT2D eigenvalue weighted by molar-refractivity contribution is -0.137. The van der Waals surface area contributed by atoms with E-state index < -0.39 is 27.7 Å². The lowest BCUT2D eigenvalue weighted by atomic mass is 10.1. The molecule has 0 bridgehead atoms. The minimum Gasteiger partial charge on any atom is -0.336 e. The van der Waals surface area contributed by atoms with Crippen LogP contribution in [0.25, 0.3) is 0 Å². The first-order valence-electron chi connectivity index (χ1n) is 8.31. The maximum atomic E-state index is 12.8. The van der Waals surface area contributed by atoms with E-state index in [1.165, 1.54) is 45.6 Å². The van der Waals surface area contributed by atoms with Gasteiger partial charge in [0.2, 0.25) is 10.0 Å². The second kappa shape index (κ2) is 7.73. The molecule has 0 radical (unpaired) electrons. The zero-order valence-corrected chi connectivity index (χ0v) is 16.1. The van der Waals surface area contributed by atoms with Crippen LogP contribution < -0.4 is 0 Å². The number of benzene rings is 2. The summed E-state index contributed by atoms with van der Waals surface area (Å²) in [6.45, 7) is 0.273. The monoisotopic (exact) mass is 432 g/mol. The zero-order chi connectivity index (χ0) is 20.5. The van der Waals surface area contributed by atoms with Gasteiger partial charge in [-0.05, 0) is 42.5 Å². The number of nitrogens with zero attached hydrogens (tertiary/aromatic N) is 2. The van der Waals surface area contributed by atoms with Crippen LogP contribution in [0.2, 0.25) is 5.02 Å². The molecule has 1 aliphatic rings. The maximum absolute atomic E-state index is 12.8. The molecule has 3 rings (SSSR count). The number of hydrogen-bond donors (Lipinski definition) is 0. The van der Waals surface area contributed by atoms with Crippen molar-refractivity contribution in [1.29, 1.82) is 0 Å². The Balaban J connectivity index is 1.70. The summed E-state index contributed by atoms with van der Waals surface area (Å²) in [4.78, 5) is 14.0. The Kier molecular flexibility index (Phi) is 5.69. The maximum Gasteiger partial charge on any atom is 0.416 e. The number of halogens is 4. The van der Waals surface area contributed by atoms with E-state index in [9.17, 15) is 26.4 Å². The lowest BCUT2D eigenvalue weighted by Crippen LogP contribution is -2.50. The van der Waals surface area contributed by atoms with Crippen molar-refractivity contribution in [3.63, 3.8) is 0 Å². The van der Waals surface area contributed by atoms with Crippen LogP contribution in [0.1, 0.15) is 15.9 Å². The van der Waals surface area contributed by atoms with E-state index >= 15 is 0 Å². The topological polar surface area (TPSA) is 57.7 Å². The number of alkyl halides is 3. The molecule has 1 amide bonds. The second-order valence-electron chi connectivity index (χ2n) is 6.23. The number of carbonyl (C=O) groups is 1. The van der Waals surface area contributed by atoms with E-state index in [4.69, 9.17) is 11.6 Å². The second-order valence-corrected chi connectivity index (χ2v) is 8.60. The van der Waals surface area contributed by atoms with Crippen molar-refractivity contribution in [3.05, 3.63) is 64.7 Å². The highest BCUT2D eigenvalue weighted by Gasteiger charge is 2.33. The van der Waals surface area contributed by atoms with Gasteiger partial charge in [0, 0.05) is 36.8 Å². The molecule has 2 aromatic carbocycles. The summed E-state index contributed by atoms with van der Waals surface area (Å²) in [6.07, 6.45) is -4.54. The Morgan fingerprint density at radius 1 is 0.964 bits per heavy atom. The van der Waals surface area contributed by atoms with Gasteiger partial charge in [-0.15, -0.1) is 0 Å². The van der Waals surface area contributed by atoms with Gasteiger partial charge in [0.1, 0.15) is 0 Å². The third-order valence-electron chi connectivity index (χ3n) is 4.41. The quantitative estimate of drug-likeness (QED) is 0.745. The predicted molar refractivity (Wildman–Crippen MR) is 97.6 cm³/mol. The summed E-state index contributed by atoms with van der Waals surface area (Å²) in [5.41, 5.74) is -0.980. The van der Waals surface area contributed by atoms with Crippen LogP contribution in [0, 0.1) is 0 Å². The number of hydrogen-bond acceptors (Lipinski definition) is 3. The normalized spacial score (nSPS) is 16.2. The van der Waals surface area contributed by atoms with Crippen molar-refractivity contribution >= 4 is 27.5 Å². The van der Waals surface area contributed by atoms with Gasteiger partial charge in [0.25, 0.3) is 5.91 Å². The van der Waals surface area contributed by atoms with Gasteiger partial charge in [-0.2, -0.15) is 17.5 Å². The summed E-state index contributed by atoms with van der Waals surface area (Å²) in [7, 11) is -3.73. The van der Waals surface area contributed by atoms with Gasteiger partial charge in [0.05, 0.1) is 10.5 Å². The molecule has 1 heterocycles. The molecular formula is C18H16ClF3N2O3S. The van der Waals surface area contributed by atoms with E-state index in [1.54, 1.807) is 0 Å². The van der Waals surface area contributed by atoms with Crippen LogP contribution >= 0.6 is 11.6 Å². The number of sulfonamides is 1. The van der Waals surface area contributed by atoms with E-state index in [0.29, 0.717) is 5.02 Å². The van der Waals surface area contributed by atoms with Gasteiger partial charge in [-0.25, -0.2) is 8.42 Å². The van der Waals surface area contributed by atoms with Crippen molar-refractivity contribution in [3.8, 4) is 0 Å². The molecule has 0 N–H and O–H groups in total. The Bertz CT molecular complexity index is 970. The van der Waals surface area contributed by atoms with Crippen molar-refractivity contribution in [2.24, 2.45) is 0 Å². The zero-order valence-electron chi connectivity index (χ0n) is 14.5. The van der Waals surface area contributed by atoms with Gasteiger partial charge >= 0.3 is 6.18 Å². The third-order valence-corrected chi connectivity index (χ3v) is 6.58. The van der Waals surface area contributed by atoms with Crippen LogP contribution in [0.5, 0.6) is 0 Å². The number of carbonyl (C=O) groups excluding carboxylic acids is 1. The fourth-order valence-corrected chi connectivity index (χ4v) is 4.45. The van der Waals surface area contributed by atoms with Crippen molar-refractivity contribution in [2.45, 2.75) is 11.1 Å². The first-order chi connectivity index (χ1) is 13.1. The smallest absolute Gasteiger partial charge is 0.336 e. The molecule has 0 unspecified atom stereocenters. The van der Waals surface area contributed by atoms with Gasteiger partial charge in [0.15, 0.2) is 0 Å². The predicted octanol–water partition coefficient (Wildman–Crippen LogP) is 3.51. The van der Waals surface area contributed by atoms with Crippen molar-refractivity contribution in [2.75, 3.05) is 26.2 Å². The standard InChI is InChI=1S/C18H16ClF3N2O3S/c19-15-4-6-16(7-5-15)28(26,27)24-10-8-23(9-11-24)17(25)13-2-1-3-14(12-13)18(20,21)22/h1-7,12H,8-11H2. The molecule has 150 valence electrons.